The summed E-state index contributed by atoms with van der Waals surface area (Å²) in [5.74, 6) is 1.90. The Bertz CT molecular complexity index is 341. The highest BCUT2D eigenvalue weighted by molar-refractivity contribution is 5.07. The van der Waals surface area contributed by atoms with E-state index in [1.54, 1.807) is 6.26 Å². The van der Waals surface area contributed by atoms with Crippen molar-refractivity contribution >= 4 is 0 Å². The van der Waals surface area contributed by atoms with Gasteiger partial charge in [-0.3, -0.25) is 0 Å². The first-order chi connectivity index (χ1) is 7.66. The molecule has 0 aromatic carbocycles. The van der Waals surface area contributed by atoms with Gasteiger partial charge in [0, 0.05) is 18.2 Å². The Balaban J connectivity index is 1.52. The van der Waals surface area contributed by atoms with Crippen LogP contribution in [-0.2, 0) is 6.54 Å². The van der Waals surface area contributed by atoms with Gasteiger partial charge in [-0.2, -0.15) is 0 Å². The third-order valence-electron chi connectivity index (χ3n) is 4.99. The molecule has 16 heavy (non-hydrogen) atoms. The molecule has 4 rings (SSSR count). The van der Waals surface area contributed by atoms with Crippen molar-refractivity contribution in [3.63, 3.8) is 0 Å². The maximum atomic E-state index is 5.08. The predicted molar refractivity (Wildman–Crippen MR) is 63.9 cm³/mol. The standard InChI is InChI=1S/C14H21NO/c1-14(2)11-5-12(14)7-13(6-11)15-8-10-3-4-16-9-10/h3-4,9,11-13,15H,5-8H2,1-2H3. The second-order valence-electron chi connectivity index (χ2n) is 6.13. The van der Waals surface area contributed by atoms with Crippen molar-refractivity contribution in [3.05, 3.63) is 24.2 Å². The molecule has 3 saturated carbocycles. The molecular formula is C14H21NO. The number of fused-ring (bicyclic) bond motifs is 2. The Hall–Kier alpha value is -0.760. The van der Waals surface area contributed by atoms with Crippen LogP contribution in [0.3, 0.4) is 0 Å². The summed E-state index contributed by atoms with van der Waals surface area (Å²) in [4.78, 5) is 0. The van der Waals surface area contributed by atoms with E-state index in [-0.39, 0.29) is 0 Å². The molecule has 2 heteroatoms. The molecule has 0 spiro atoms. The lowest BCUT2D eigenvalue weighted by atomic mass is 9.48. The van der Waals surface area contributed by atoms with Crippen molar-refractivity contribution in [1.29, 1.82) is 0 Å². The SMILES string of the molecule is CC1(C)C2CC(NCc3ccoc3)CC1C2. The van der Waals surface area contributed by atoms with E-state index in [0.717, 1.165) is 24.4 Å². The molecule has 3 fully saturated rings. The normalized spacial score (nSPS) is 35.8. The van der Waals surface area contributed by atoms with Crippen molar-refractivity contribution in [1.82, 2.24) is 5.32 Å². The number of rotatable bonds is 3. The van der Waals surface area contributed by atoms with Crippen LogP contribution in [0, 0.1) is 17.3 Å². The monoisotopic (exact) mass is 219 g/mol. The lowest BCUT2D eigenvalue weighted by Crippen LogP contribution is -2.55. The van der Waals surface area contributed by atoms with Crippen LogP contribution in [0.25, 0.3) is 0 Å². The summed E-state index contributed by atoms with van der Waals surface area (Å²) in [7, 11) is 0. The molecule has 2 nitrogen and oxygen atoms in total. The third-order valence-corrected chi connectivity index (χ3v) is 4.99. The Morgan fingerprint density at radius 3 is 2.62 bits per heavy atom. The summed E-state index contributed by atoms with van der Waals surface area (Å²) in [6.07, 6.45) is 7.78. The predicted octanol–water partition coefficient (Wildman–Crippen LogP) is 3.19. The lowest BCUT2D eigenvalue weighted by Gasteiger charge is -2.59. The minimum absolute atomic E-state index is 0.619. The Morgan fingerprint density at radius 1 is 1.31 bits per heavy atom. The van der Waals surface area contributed by atoms with Gasteiger partial charge in [0.2, 0.25) is 0 Å². The maximum Gasteiger partial charge on any atom is 0.0947 e. The quantitative estimate of drug-likeness (QED) is 0.844. The molecule has 2 bridgehead atoms. The van der Waals surface area contributed by atoms with E-state index in [1.165, 1.54) is 24.8 Å². The fraction of sp³-hybridized carbons (Fsp3) is 0.714. The molecule has 3 aliphatic carbocycles. The van der Waals surface area contributed by atoms with Gasteiger partial charge < -0.3 is 9.73 Å². The molecule has 0 radical (unpaired) electrons. The summed E-state index contributed by atoms with van der Waals surface area (Å²) in [6, 6.07) is 2.77. The molecule has 1 heterocycles. The second kappa shape index (κ2) is 3.63. The van der Waals surface area contributed by atoms with E-state index in [1.807, 2.05) is 12.3 Å². The van der Waals surface area contributed by atoms with Crippen molar-refractivity contribution in [2.24, 2.45) is 17.3 Å². The van der Waals surface area contributed by atoms with Crippen LogP contribution in [0.4, 0.5) is 0 Å². The highest BCUT2D eigenvalue weighted by Gasteiger charge is 2.52. The summed E-state index contributed by atoms with van der Waals surface area (Å²) in [6.45, 7) is 5.84. The topological polar surface area (TPSA) is 25.2 Å². The number of hydrogen-bond acceptors (Lipinski definition) is 2. The van der Waals surface area contributed by atoms with Crippen LogP contribution in [0.5, 0.6) is 0 Å². The van der Waals surface area contributed by atoms with Gasteiger partial charge in [-0.1, -0.05) is 13.8 Å². The van der Waals surface area contributed by atoms with Gasteiger partial charge in [-0.25, -0.2) is 0 Å². The van der Waals surface area contributed by atoms with Gasteiger partial charge >= 0.3 is 0 Å². The fourth-order valence-electron chi connectivity index (χ4n) is 3.53. The first-order valence-electron chi connectivity index (χ1n) is 6.40. The number of hydrogen-bond donors (Lipinski definition) is 1. The van der Waals surface area contributed by atoms with Gasteiger partial charge in [0.05, 0.1) is 12.5 Å². The van der Waals surface area contributed by atoms with E-state index in [9.17, 15) is 0 Å². The lowest BCUT2D eigenvalue weighted by molar-refractivity contribution is -0.0787. The van der Waals surface area contributed by atoms with Crippen molar-refractivity contribution in [3.8, 4) is 0 Å². The third kappa shape index (κ3) is 1.60. The molecule has 2 atom stereocenters. The van der Waals surface area contributed by atoms with Crippen molar-refractivity contribution in [2.45, 2.75) is 45.7 Å². The van der Waals surface area contributed by atoms with Gasteiger partial charge in [0.15, 0.2) is 0 Å². The zero-order chi connectivity index (χ0) is 11.2. The average molecular weight is 219 g/mol. The Labute approximate surface area is 97.4 Å². The van der Waals surface area contributed by atoms with Crippen LogP contribution in [-0.4, -0.2) is 6.04 Å². The zero-order valence-corrected chi connectivity index (χ0v) is 10.2. The zero-order valence-electron chi connectivity index (χ0n) is 10.2. The Kier molecular flexibility index (Phi) is 2.36. The molecule has 1 N–H and O–H groups in total. The van der Waals surface area contributed by atoms with Gasteiger partial charge in [0.1, 0.15) is 0 Å². The minimum Gasteiger partial charge on any atom is -0.472 e. The second-order valence-corrected chi connectivity index (χ2v) is 6.13. The molecule has 3 aliphatic rings. The van der Waals surface area contributed by atoms with E-state index in [0.29, 0.717) is 5.41 Å². The van der Waals surface area contributed by atoms with E-state index in [4.69, 9.17) is 4.42 Å². The minimum atomic E-state index is 0.619. The largest absolute Gasteiger partial charge is 0.472 e. The van der Waals surface area contributed by atoms with Crippen LogP contribution in [0.2, 0.25) is 0 Å². The smallest absolute Gasteiger partial charge is 0.0947 e. The highest BCUT2D eigenvalue weighted by Crippen LogP contribution is 2.58. The van der Waals surface area contributed by atoms with Crippen LogP contribution < -0.4 is 5.32 Å². The molecule has 0 aliphatic heterocycles. The maximum absolute atomic E-state index is 5.08. The molecule has 1 aromatic heterocycles. The summed E-state index contributed by atoms with van der Waals surface area (Å²) < 4.78 is 5.08. The van der Waals surface area contributed by atoms with Crippen molar-refractivity contribution < 1.29 is 4.42 Å². The molecule has 0 saturated heterocycles. The van der Waals surface area contributed by atoms with Gasteiger partial charge in [0.25, 0.3) is 0 Å². The van der Waals surface area contributed by atoms with E-state index in [2.05, 4.69) is 19.2 Å². The first-order valence-corrected chi connectivity index (χ1v) is 6.40. The fourth-order valence-corrected chi connectivity index (χ4v) is 3.53. The Morgan fingerprint density at radius 2 is 2.06 bits per heavy atom. The van der Waals surface area contributed by atoms with Gasteiger partial charge in [-0.15, -0.1) is 0 Å². The van der Waals surface area contributed by atoms with Crippen molar-refractivity contribution in [2.75, 3.05) is 0 Å². The summed E-state index contributed by atoms with van der Waals surface area (Å²) in [5, 5.41) is 3.66. The molecule has 88 valence electrons. The van der Waals surface area contributed by atoms with Gasteiger partial charge in [-0.05, 0) is 42.6 Å². The van der Waals surface area contributed by atoms with E-state index >= 15 is 0 Å². The molecule has 2 unspecified atom stereocenters. The molecule has 1 aromatic rings. The van der Waals surface area contributed by atoms with Crippen LogP contribution in [0.1, 0.15) is 38.7 Å². The summed E-state index contributed by atoms with van der Waals surface area (Å²) >= 11 is 0. The van der Waals surface area contributed by atoms with E-state index < -0.39 is 0 Å². The first kappa shape index (κ1) is 10.4. The number of furan rings is 1. The van der Waals surface area contributed by atoms with Crippen LogP contribution in [0.15, 0.2) is 23.0 Å². The van der Waals surface area contributed by atoms with Crippen LogP contribution >= 0.6 is 0 Å². The average Bonchev–Trinajstić information content (AvgIpc) is 2.79. The highest BCUT2D eigenvalue weighted by atomic mass is 16.3. The number of nitrogens with one attached hydrogen (secondary N) is 1. The summed E-state index contributed by atoms with van der Waals surface area (Å²) in [5.41, 5.74) is 1.88. The molecular weight excluding hydrogens is 198 g/mol. The molecule has 0 amide bonds.